The Labute approximate surface area is 139 Å². The summed E-state index contributed by atoms with van der Waals surface area (Å²) in [6.07, 6.45) is 6.23. The number of rotatable bonds is 5. The van der Waals surface area contributed by atoms with E-state index < -0.39 is 0 Å². The minimum absolute atomic E-state index is 0. The van der Waals surface area contributed by atoms with Crippen LogP contribution < -0.4 is 11.1 Å². The van der Waals surface area contributed by atoms with Gasteiger partial charge in [0.15, 0.2) is 5.96 Å². The quantitative estimate of drug-likeness (QED) is 0.463. The summed E-state index contributed by atoms with van der Waals surface area (Å²) < 4.78 is 0. The Balaban J connectivity index is 0.00000200. The number of guanidine groups is 1. The van der Waals surface area contributed by atoms with Gasteiger partial charge in [0.05, 0.1) is 0 Å². The minimum atomic E-state index is 0. The van der Waals surface area contributed by atoms with Crippen LogP contribution in [0.4, 0.5) is 0 Å². The smallest absolute Gasteiger partial charge is 0.188 e. The molecule has 1 aliphatic carbocycles. The van der Waals surface area contributed by atoms with E-state index in [2.05, 4.69) is 41.5 Å². The lowest BCUT2D eigenvalue weighted by molar-refractivity contribution is 0.351. The summed E-state index contributed by atoms with van der Waals surface area (Å²) in [7, 11) is 0. The van der Waals surface area contributed by atoms with Crippen molar-refractivity contribution in [2.75, 3.05) is 13.1 Å². The molecule has 0 aromatic heterocycles. The average Bonchev–Trinajstić information content (AvgIpc) is 2.85. The van der Waals surface area contributed by atoms with Gasteiger partial charge in [-0.3, -0.25) is 4.99 Å². The van der Waals surface area contributed by atoms with Crippen LogP contribution in [-0.2, 0) is 6.42 Å². The summed E-state index contributed by atoms with van der Waals surface area (Å²) in [4.78, 5) is 4.49. The van der Waals surface area contributed by atoms with E-state index in [4.69, 9.17) is 5.73 Å². The molecule has 112 valence electrons. The first kappa shape index (κ1) is 17.3. The van der Waals surface area contributed by atoms with Gasteiger partial charge in [0.25, 0.3) is 0 Å². The lowest BCUT2D eigenvalue weighted by atomic mass is 9.89. The lowest BCUT2D eigenvalue weighted by Crippen LogP contribution is -2.34. The number of benzene rings is 1. The Morgan fingerprint density at radius 2 is 1.90 bits per heavy atom. The molecule has 1 aromatic rings. The maximum Gasteiger partial charge on any atom is 0.188 e. The van der Waals surface area contributed by atoms with E-state index in [0.717, 1.165) is 19.5 Å². The fourth-order valence-electron chi connectivity index (χ4n) is 2.70. The van der Waals surface area contributed by atoms with Gasteiger partial charge in [-0.1, -0.05) is 50.1 Å². The number of halogens is 1. The second-order valence-electron chi connectivity index (χ2n) is 5.88. The zero-order chi connectivity index (χ0) is 13.6. The molecule has 0 amide bonds. The van der Waals surface area contributed by atoms with E-state index in [1.165, 1.54) is 31.2 Å². The topological polar surface area (TPSA) is 50.4 Å². The standard InChI is InChI=1S/C16H25N3.HI/c1-16(10-5-6-11-16)13-19-15(17)18-12-9-14-7-3-2-4-8-14;/h2-4,7-8H,5-6,9-13H2,1H3,(H3,17,18,19);1H. The van der Waals surface area contributed by atoms with E-state index in [-0.39, 0.29) is 24.0 Å². The number of nitrogens with one attached hydrogen (secondary N) is 1. The van der Waals surface area contributed by atoms with E-state index in [1.54, 1.807) is 0 Å². The Hall–Kier alpha value is -0.780. The van der Waals surface area contributed by atoms with Crippen LogP contribution in [-0.4, -0.2) is 19.0 Å². The Bertz CT molecular complexity index is 411. The summed E-state index contributed by atoms with van der Waals surface area (Å²) in [6, 6.07) is 10.4. The predicted molar refractivity (Wildman–Crippen MR) is 96.6 cm³/mol. The highest BCUT2D eigenvalue weighted by Crippen LogP contribution is 2.37. The zero-order valence-corrected chi connectivity index (χ0v) is 14.6. The van der Waals surface area contributed by atoms with Gasteiger partial charge in [0, 0.05) is 13.1 Å². The minimum Gasteiger partial charge on any atom is -0.370 e. The van der Waals surface area contributed by atoms with Gasteiger partial charge < -0.3 is 11.1 Å². The summed E-state index contributed by atoms with van der Waals surface area (Å²) >= 11 is 0. The molecular weight excluding hydrogens is 361 g/mol. The molecule has 0 spiro atoms. The number of nitrogens with two attached hydrogens (primary N) is 1. The molecule has 0 saturated heterocycles. The fraction of sp³-hybridized carbons (Fsp3) is 0.562. The van der Waals surface area contributed by atoms with Gasteiger partial charge in [0.2, 0.25) is 0 Å². The van der Waals surface area contributed by atoms with Gasteiger partial charge >= 0.3 is 0 Å². The monoisotopic (exact) mass is 387 g/mol. The zero-order valence-electron chi connectivity index (χ0n) is 12.3. The molecule has 1 aromatic carbocycles. The van der Waals surface area contributed by atoms with Gasteiger partial charge in [0.1, 0.15) is 0 Å². The number of hydrogen-bond acceptors (Lipinski definition) is 1. The number of nitrogens with zero attached hydrogens (tertiary/aromatic N) is 1. The predicted octanol–water partition coefficient (Wildman–Crippen LogP) is 3.33. The number of aliphatic imine (C=N–C) groups is 1. The Morgan fingerprint density at radius 3 is 2.55 bits per heavy atom. The van der Waals surface area contributed by atoms with Crippen LogP contribution in [0.25, 0.3) is 0 Å². The molecule has 0 unspecified atom stereocenters. The van der Waals surface area contributed by atoms with Crippen LogP contribution in [0.2, 0.25) is 0 Å². The van der Waals surface area contributed by atoms with Crippen LogP contribution in [0, 0.1) is 5.41 Å². The molecule has 20 heavy (non-hydrogen) atoms. The molecule has 0 bridgehead atoms. The molecule has 0 radical (unpaired) electrons. The van der Waals surface area contributed by atoms with Crippen molar-refractivity contribution in [3.05, 3.63) is 35.9 Å². The van der Waals surface area contributed by atoms with Gasteiger partial charge in [-0.05, 0) is 30.2 Å². The van der Waals surface area contributed by atoms with Crippen molar-refractivity contribution >= 4 is 29.9 Å². The molecule has 3 nitrogen and oxygen atoms in total. The normalized spacial score (nSPS) is 17.6. The highest BCUT2D eigenvalue weighted by molar-refractivity contribution is 14.0. The van der Waals surface area contributed by atoms with Gasteiger partial charge in [-0.25, -0.2) is 0 Å². The van der Waals surface area contributed by atoms with Crippen LogP contribution in [0.1, 0.15) is 38.2 Å². The average molecular weight is 387 g/mol. The third-order valence-corrected chi connectivity index (χ3v) is 4.00. The van der Waals surface area contributed by atoms with Crippen molar-refractivity contribution in [3.63, 3.8) is 0 Å². The van der Waals surface area contributed by atoms with Crippen molar-refractivity contribution in [3.8, 4) is 0 Å². The third-order valence-electron chi connectivity index (χ3n) is 4.00. The highest BCUT2D eigenvalue weighted by atomic mass is 127. The van der Waals surface area contributed by atoms with Crippen molar-refractivity contribution in [2.24, 2.45) is 16.1 Å². The van der Waals surface area contributed by atoms with Crippen molar-refractivity contribution in [2.45, 2.75) is 39.0 Å². The Kier molecular flexibility index (Phi) is 7.34. The highest BCUT2D eigenvalue weighted by Gasteiger charge is 2.28. The van der Waals surface area contributed by atoms with Gasteiger partial charge in [-0.2, -0.15) is 0 Å². The summed E-state index contributed by atoms with van der Waals surface area (Å²) in [6.45, 7) is 4.02. The SMILES string of the molecule is CC1(CN=C(N)NCCc2ccccc2)CCCC1.I. The maximum absolute atomic E-state index is 5.91. The first-order valence-electron chi connectivity index (χ1n) is 7.26. The van der Waals surface area contributed by atoms with Crippen molar-refractivity contribution in [1.82, 2.24) is 5.32 Å². The van der Waals surface area contributed by atoms with Crippen LogP contribution in [0.3, 0.4) is 0 Å². The molecule has 1 saturated carbocycles. The molecule has 0 heterocycles. The first-order chi connectivity index (χ1) is 9.18. The van der Waals surface area contributed by atoms with E-state index in [1.807, 2.05) is 6.07 Å². The van der Waals surface area contributed by atoms with Gasteiger partial charge in [-0.15, -0.1) is 24.0 Å². The third kappa shape index (κ3) is 5.69. The molecule has 1 fully saturated rings. The van der Waals surface area contributed by atoms with Crippen LogP contribution >= 0.6 is 24.0 Å². The molecule has 1 aliphatic rings. The second kappa shape index (κ2) is 8.49. The molecule has 0 aliphatic heterocycles. The first-order valence-corrected chi connectivity index (χ1v) is 7.26. The second-order valence-corrected chi connectivity index (χ2v) is 5.88. The summed E-state index contributed by atoms with van der Waals surface area (Å²) in [5.41, 5.74) is 7.62. The van der Waals surface area contributed by atoms with Crippen LogP contribution in [0.15, 0.2) is 35.3 Å². The summed E-state index contributed by atoms with van der Waals surface area (Å²) in [5, 5.41) is 3.20. The molecular formula is C16H26IN3. The molecule has 3 N–H and O–H groups in total. The molecule has 2 rings (SSSR count). The van der Waals surface area contributed by atoms with Crippen molar-refractivity contribution in [1.29, 1.82) is 0 Å². The molecule has 0 atom stereocenters. The summed E-state index contributed by atoms with van der Waals surface area (Å²) in [5.74, 6) is 0.587. The molecule has 4 heteroatoms. The van der Waals surface area contributed by atoms with Crippen LogP contribution in [0.5, 0.6) is 0 Å². The van der Waals surface area contributed by atoms with E-state index in [0.29, 0.717) is 11.4 Å². The Morgan fingerprint density at radius 1 is 1.25 bits per heavy atom. The fourth-order valence-corrected chi connectivity index (χ4v) is 2.70. The van der Waals surface area contributed by atoms with E-state index >= 15 is 0 Å². The lowest BCUT2D eigenvalue weighted by Gasteiger charge is -2.20. The van der Waals surface area contributed by atoms with E-state index in [9.17, 15) is 0 Å². The maximum atomic E-state index is 5.91. The number of hydrogen-bond donors (Lipinski definition) is 2. The largest absolute Gasteiger partial charge is 0.370 e. The van der Waals surface area contributed by atoms with Crippen molar-refractivity contribution < 1.29 is 0 Å².